The first kappa shape index (κ1) is 24.3. The van der Waals surface area contributed by atoms with Crippen LogP contribution in [0.3, 0.4) is 0 Å². The van der Waals surface area contributed by atoms with E-state index in [1.807, 2.05) is 38.1 Å². The van der Waals surface area contributed by atoms with Gasteiger partial charge in [-0.15, -0.1) is 0 Å². The highest BCUT2D eigenvalue weighted by molar-refractivity contribution is 5.84. The lowest BCUT2D eigenvalue weighted by Crippen LogP contribution is -2.44. The number of benzene rings is 2. The van der Waals surface area contributed by atoms with Crippen molar-refractivity contribution >= 4 is 18.0 Å². The molecule has 2 aromatic carbocycles. The van der Waals surface area contributed by atoms with E-state index in [2.05, 4.69) is 34.9 Å². The van der Waals surface area contributed by atoms with E-state index in [0.29, 0.717) is 12.8 Å². The molecule has 0 bridgehead atoms. The van der Waals surface area contributed by atoms with Crippen LogP contribution in [0.1, 0.15) is 50.7 Å². The Labute approximate surface area is 194 Å². The van der Waals surface area contributed by atoms with Gasteiger partial charge in [0, 0.05) is 18.4 Å². The summed E-state index contributed by atoms with van der Waals surface area (Å²) in [6, 6.07) is 15.4. The van der Waals surface area contributed by atoms with Gasteiger partial charge >= 0.3 is 12.1 Å². The van der Waals surface area contributed by atoms with Crippen molar-refractivity contribution in [1.82, 2.24) is 10.6 Å². The molecule has 2 atom stereocenters. The van der Waals surface area contributed by atoms with Crippen molar-refractivity contribution in [1.29, 1.82) is 0 Å². The molecule has 0 heterocycles. The summed E-state index contributed by atoms with van der Waals surface area (Å²) in [5.41, 5.74) is 4.62. The maximum Gasteiger partial charge on any atom is 0.407 e. The third kappa shape index (κ3) is 6.12. The van der Waals surface area contributed by atoms with Gasteiger partial charge in [-0.3, -0.25) is 4.79 Å². The van der Waals surface area contributed by atoms with Crippen LogP contribution in [0.2, 0.25) is 0 Å². The zero-order chi connectivity index (χ0) is 24.0. The minimum absolute atomic E-state index is 0.0123. The minimum atomic E-state index is -1.04. The van der Waals surface area contributed by atoms with Gasteiger partial charge in [0.2, 0.25) is 5.91 Å². The van der Waals surface area contributed by atoms with Crippen LogP contribution in [0.25, 0.3) is 11.1 Å². The molecule has 3 N–H and O–H groups in total. The van der Waals surface area contributed by atoms with Gasteiger partial charge in [-0.05, 0) is 41.0 Å². The highest BCUT2D eigenvalue weighted by Gasteiger charge is 2.29. The number of carbonyl (C=O) groups is 3. The number of carbonyl (C=O) groups excluding carboxylic acids is 2. The predicted molar refractivity (Wildman–Crippen MR) is 126 cm³/mol. The molecule has 1 aliphatic carbocycles. The zero-order valence-electron chi connectivity index (χ0n) is 19.3. The third-order valence-electron chi connectivity index (χ3n) is 5.96. The fourth-order valence-electron chi connectivity index (χ4n) is 4.18. The van der Waals surface area contributed by atoms with Crippen LogP contribution in [0.5, 0.6) is 0 Å². The molecule has 3 rings (SSSR count). The largest absolute Gasteiger partial charge is 0.480 e. The Morgan fingerprint density at radius 1 is 0.970 bits per heavy atom. The van der Waals surface area contributed by atoms with Gasteiger partial charge < -0.3 is 20.5 Å². The number of alkyl carbamates (subject to hydrolysis) is 1. The van der Waals surface area contributed by atoms with E-state index < -0.39 is 24.0 Å². The SMILES string of the molecule is CC(C)CC(NC(=O)C(C)CCNC(=O)OCC1c2ccccc2-c2ccccc21)C(=O)O. The van der Waals surface area contributed by atoms with Crippen LogP contribution in [-0.2, 0) is 14.3 Å². The summed E-state index contributed by atoms with van der Waals surface area (Å²) in [5.74, 6) is -1.68. The van der Waals surface area contributed by atoms with Crippen LogP contribution >= 0.6 is 0 Å². The summed E-state index contributed by atoms with van der Waals surface area (Å²) >= 11 is 0. The van der Waals surface area contributed by atoms with Crippen LogP contribution in [0, 0.1) is 11.8 Å². The molecule has 0 saturated heterocycles. The molecule has 2 aromatic rings. The molecule has 0 aromatic heterocycles. The quantitative estimate of drug-likeness (QED) is 0.502. The second kappa shape index (κ2) is 11.0. The van der Waals surface area contributed by atoms with Gasteiger partial charge in [0.05, 0.1) is 0 Å². The molecular weight excluding hydrogens is 420 g/mol. The first-order valence-corrected chi connectivity index (χ1v) is 11.4. The molecule has 2 unspecified atom stereocenters. The molecule has 1 aliphatic rings. The van der Waals surface area contributed by atoms with Crippen molar-refractivity contribution in [2.24, 2.45) is 11.8 Å². The Balaban J connectivity index is 1.46. The number of carboxylic acids is 1. The molecule has 0 aliphatic heterocycles. The maximum atomic E-state index is 12.3. The topological polar surface area (TPSA) is 105 Å². The Morgan fingerprint density at radius 3 is 2.09 bits per heavy atom. The van der Waals surface area contributed by atoms with Gasteiger partial charge in [-0.1, -0.05) is 69.3 Å². The standard InChI is InChI=1S/C26H32N2O5/c1-16(2)14-23(25(30)31)28-24(29)17(3)12-13-27-26(32)33-15-22-20-10-6-4-8-18(20)19-9-5-7-11-21(19)22/h4-11,16-17,22-23H,12-15H2,1-3H3,(H,27,32)(H,28,29)(H,30,31). The first-order valence-electron chi connectivity index (χ1n) is 11.4. The summed E-state index contributed by atoms with van der Waals surface area (Å²) in [6.07, 6.45) is 0.211. The van der Waals surface area contributed by atoms with Gasteiger partial charge in [-0.2, -0.15) is 0 Å². The summed E-state index contributed by atoms with van der Waals surface area (Å²) < 4.78 is 5.49. The van der Waals surface area contributed by atoms with E-state index in [9.17, 15) is 19.5 Å². The normalized spacial score (nSPS) is 14.2. The van der Waals surface area contributed by atoms with E-state index >= 15 is 0 Å². The Morgan fingerprint density at radius 2 is 1.55 bits per heavy atom. The van der Waals surface area contributed by atoms with Crippen LogP contribution in [0.4, 0.5) is 4.79 Å². The van der Waals surface area contributed by atoms with Crippen LogP contribution < -0.4 is 10.6 Å². The van der Waals surface area contributed by atoms with E-state index in [0.717, 1.165) is 11.1 Å². The van der Waals surface area contributed by atoms with Gasteiger partial charge in [-0.25, -0.2) is 9.59 Å². The fourth-order valence-corrected chi connectivity index (χ4v) is 4.18. The highest BCUT2D eigenvalue weighted by Crippen LogP contribution is 2.44. The second-order valence-electron chi connectivity index (χ2n) is 8.97. The predicted octanol–water partition coefficient (Wildman–Crippen LogP) is 4.17. The summed E-state index contributed by atoms with van der Waals surface area (Å²) in [7, 11) is 0. The first-order chi connectivity index (χ1) is 15.8. The van der Waals surface area contributed by atoms with Crippen molar-refractivity contribution in [3.05, 3.63) is 59.7 Å². The van der Waals surface area contributed by atoms with Crippen molar-refractivity contribution in [3.8, 4) is 11.1 Å². The van der Waals surface area contributed by atoms with Crippen molar-refractivity contribution < 1.29 is 24.2 Å². The molecule has 176 valence electrons. The fraction of sp³-hybridized carbons (Fsp3) is 0.423. The van der Waals surface area contributed by atoms with Gasteiger partial charge in [0.25, 0.3) is 0 Å². The number of nitrogens with one attached hydrogen (secondary N) is 2. The maximum absolute atomic E-state index is 12.3. The number of hydrogen-bond acceptors (Lipinski definition) is 4. The number of fused-ring (bicyclic) bond motifs is 3. The average Bonchev–Trinajstić information content (AvgIpc) is 3.10. The number of aliphatic carboxylic acids is 1. The van der Waals surface area contributed by atoms with E-state index in [4.69, 9.17) is 4.74 Å². The van der Waals surface area contributed by atoms with Crippen molar-refractivity contribution in [2.75, 3.05) is 13.2 Å². The van der Waals surface area contributed by atoms with Crippen molar-refractivity contribution in [3.63, 3.8) is 0 Å². The number of ether oxygens (including phenoxy) is 1. The highest BCUT2D eigenvalue weighted by atomic mass is 16.5. The number of amides is 2. The van der Waals surface area contributed by atoms with Gasteiger partial charge in [0.1, 0.15) is 12.6 Å². The summed E-state index contributed by atoms with van der Waals surface area (Å²) in [4.78, 5) is 35.9. The molecule has 0 spiro atoms. The number of hydrogen-bond donors (Lipinski definition) is 3. The lowest BCUT2D eigenvalue weighted by molar-refractivity contribution is -0.142. The molecular formula is C26H32N2O5. The molecule has 0 saturated carbocycles. The number of carboxylic acid groups (broad SMARTS) is 1. The summed E-state index contributed by atoms with van der Waals surface area (Å²) in [5, 5.41) is 14.6. The smallest absolute Gasteiger partial charge is 0.407 e. The molecule has 33 heavy (non-hydrogen) atoms. The zero-order valence-corrected chi connectivity index (χ0v) is 19.3. The minimum Gasteiger partial charge on any atom is -0.480 e. The van der Waals surface area contributed by atoms with Crippen molar-refractivity contribution in [2.45, 2.75) is 45.6 Å². The number of rotatable bonds is 10. The Bertz CT molecular complexity index is 958. The van der Waals surface area contributed by atoms with Crippen LogP contribution in [0.15, 0.2) is 48.5 Å². The van der Waals surface area contributed by atoms with Crippen LogP contribution in [-0.4, -0.2) is 42.3 Å². The molecule has 2 amide bonds. The monoisotopic (exact) mass is 452 g/mol. The summed E-state index contributed by atoms with van der Waals surface area (Å²) in [6.45, 7) is 6.01. The molecule has 7 nitrogen and oxygen atoms in total. The third-order valence-corrected chi connectivity index (χ3v) is 5.96. The molecule has 7 heteroatoms. The molecule has 0 radical (unpaired) electrons. The molecule has 0 fully saturated rings. The second-order valence-corrected chi connectivity index (χ2v) is 8.97. The lowest BCUT2D eigenvalue weighted by Gasteiger charge is -2.19. The Kier molecular flexibility index (Phi) is 8.09. The van der Waals surface area contributed by atoms with Gasteiger partial charge in [0.15, 0.2) is 0 Å². The Hall–Kier alpha value is -3.35. The lowest BCUT2D eigenvalue weighted by atomic mass is 9.98. The van der Waals surface area contributed by atoms with E-state index in [-0.39, 0.29) is 30.9 Å². The van der Waals surface area contributed by atoms with E-state index in [1.165, 1.54) is 11.1 Å². The average molecular weight is 453 g/mol. The van der Waals surface area contributed by atoms with E-state index in [1.54, 1.807) is 6.92 Å².